The Bertz CT molecular complexity index is 1080. The molecule has 176 valence electrons. The van der Waals surface area contributed by atoms with E-state index in [9.17, 15) is 4.79 Å². The molecule has 0 aliphatic carbocycles. The highest BCUT2D eigenvalue weighted by molar-refractivity contribution is 5.93. The quantitative estimate of drug-likeness (QED) is 0.511. The molecule has 0 spiro atoms. The van der Waals surface area contributed by atoms with E-state index in [1.165, 1.54) is 12.0 Å². The summed E-state index contributed by atoms with van der Waals surface area (Å²) in [5, 5.41) is 3.16. The summed E-state index contributed by atoms with van der Waals surface area (Å²) in [7, 11) is 0. The highest BCUT2D eigenvalue weighted by Crippen LogP contribution is 2.35. The van der Waals surface area contributed by atoms with Crippen molar-refractivity contribution >= 4 is 11.6 Å². The monoisotopic (exact) mass is 454 g/mol. The Hall–Kier alpha value is -3.11. The van der Waals surface area contributed by atoms with Gasteiger partial charge in [0.05, 0.1) is 12.3 Å². The van der Waals surface area contributed by atoms with Crippen molar-refractivity contribution < 1.29 is 9.53 Å². The number of rotatable bonds is 5. The van der Waals surface area contributed by atoms with Crippen molar-refractivity contribution in [1.29, 1.82) is 0 Å². The lowest BCUT2D eigenvalue weighted by Gasteiger charge is -2.39. The number of hydrogen-bond acceptors (Lipinski definition) is 3. The summed E-state index contributed by atoms with van der Waals surface area (Å²) < 4.78 is 6.19. The van der Waals surface area contributed by atoms with Crippen LogP contribution in [-0.4, -0.2) is 37.0 Å². The molecule has 2 heterocycles. The van der Waals surface area contributed by atoms with Crippen LogP contribution in [0.25, 0.3) is 11.1 Å². The number of ether oxygens (including phenoxy) is 1. The van der Waals surface area contributed by atoms with Gasteiger partial charge < -0.3 is 15.0 Å². The average Bonchev–Trinajstić information content (AvgIpc) is 2.87. The van der Waals surface area contributed by atoms with Crippen molar-refractivity contribution in [2.45, 2.75) is 32.1 Å². The third-order valence-corrected chi connectivity index (χ3v) is 7.31. The smallest absolute Gasteiger partial charge is 0.224 e. The first-order chi connectivity index (χ1) is 16.7. The van der Waals surface area contributed by atoms with Gasteiger partial charge in [0.2, 0.25) is 5.91 Å². The summed E-state index contributed by atoms with van der Waals surface area (Å²) in [6, 6.07) is 27.1. The Morgan fingerprint density at radius 1 is 0.882 bits per heavy atom. The molecule has 0 aromatic heterocycles. The van der Waals surface area contributed by atoms with Gasteiger partial charge in [0.25, 0.3) is 0 Å². The third kappa shape index (κ3) is 5.68. The van der Waals surface area contributed by atoms with E-state index < -0.39 is 0 Å². The molecule has 0 saturated carbocycles. The number of carbonyl (C=O) groups excluding carboxylic acids is 1. The molecule has 1 N–H and O–H groups in total. The number of nitrogens with zero attached hydrogens (tertiary/aromatic N) is 1. The van der Waals surface area contributed by atoms with E-state index in [1.54, 1.807) is 0 Å². The van der Waals surface area contributed by atoms with Gasteiger partial charge in [-0.2, -0.15) is 0 Å². The van der Waals surface area contributed by atoms with E-state index in [0.717, 1.165) is 61.5 Å². The lowest BCUT2D eigenvalue weighted by Crippen LogP contribution is -2.42. The molecule has 3 aromatic carbocycles. The molecule has 0 unspecified atom stereocenters. The number of fused-ring (bicyclic) bond motifs is 2. The van der Waals surface area contributed by atoms with Crippen LogP contribution in [0.2, 0.25) is 0 Å². The minimum absolute atomic E-state index is 0.101. The van der Waals surface area contributed by atoms with E-state index in [0.29, 0.717) is 24.9 Å². The molecule has 2 aliphatic heterocycles. The minimum Gasteiger partial charge on any atom is -0.491 e. The molecule has 1 amide bonds. The zero-order valence-electron chi connectivity index (χ0n) is 19.8. The number of aryl methyl sites for hydroxylation is 1. The Labute approximate surface area is 202 Å². The van der Waals surface area contributed by atoms with Crippen LogP contribution in [0.1, 0.15) is 31.2 Å². The molecule has 2 aliphatic rings. The molecule has 34 heavy (non-hydrogen) atoms. The number of likely N-dealkylation sites (tertiary alicyclic amines) is 1. The van der Waals surface area contributed by atoms with Crippen LogP contribution in [0.4, 0.5) is 5.69 Å². The molecule has 4 heteroatoms. The molecular formula is C30H34N2O2. The third-order valence-electron chi connectivity index (χ3n) is 7.31. The van der Waals surface area contributed by atoms with E-state index >= 15 is 0 Å². The first-order valence-electron chi connectivity index (χ1n) is 12.6. The zero-order valence-corrected chi connectivity index (χ0v) is 19.8. The summed E-state index contributed by atoms with van der Waals surface area (Å²) in [5.41, 5.74) is 4.41. The second-order valence-corrected chi connectivity index (χ2v) is 9.66. The number of benzene rings is 3. The average molecular weight is 455 g/mol. The summed E-state index contributed by atoms with van der Waals surface area (Å²) >= 11 is 0. The normalized spacial score (nSPS) is 21.0. The summed E-state index contributed by atoms with van der Waals surface area (Å²) in [4.78, 5) is 15.6. The predicted molar refractivity (Wildman–Crippen MR) is 138 cm³/mol. The SMILES string of the molecule is O=C1C[C@@H]2CCN(CCCc3ccccc3)C[C@@H]2CCOc2ccc(-c3ccccc3)cc2N1. The lowest BCUT2D eigenvalue weighted by molar-refractivity contribution is -0.118. The van der Waals surface area contributed by atoms with Gasteiger partial charge in [-0.1, -0.05) is 66.7 Å². The highest BCUT2D eigenvalue weighted by atomic mass is 16.5. The standard InChI is InChI=1S/C30H34N2O2/c33-30-21-26-15-18-32(17-7-10-23-8-3-1-4-9-23)22-27(26)16-19-34-29-14-13-25(20-28(29)31-30)24-11-5-2-6-12-24/h1-6,8-9,11-14,20,26-27H,7,10,15-19,21-22H2,(H,31,33)/t26-,27-/m0/s1. The number of hydrogen-bond donors (Lipinski definition) is 1. The van der Waals surface area contributed by atoms with Crippen molar-refractivity contribution in [3.63, 3.8) is 0 Å². The van der Waals surface area contributed by atoms with E-state index in [2.05, 4.69) is 58.7 Å². The van der Waals surface area contributed by atoms with Gasteiger partial charge in [0.1, 0.15) is 5.75 Å². The van der Waals surface area contributed by atoms with Crippen LogP contribution in [0.15, 0.2) is 78.9 Å². The van der Waals surface area contributed by atoms with Crippen molar-refractivity contribution in [2.24, 2.45) is 11.8 Å². The Morgan fingerprint density at radius 3 is 2.50 bits per heavy atom. The number of nitrogens with one attached hydrogen (secondary N) is 1. The summed E-state index contributed by atoms with van der Waals surface area (Å²) in [6.07, 6.45) is 4.97. The van der Waals surface area contributed by atoms with Crippen molar-refractivity contribution in [2.75, 3.05) is 31.6 Å². The van der Waals surface area contributed by atoms with Crippen LogP contribution >= 0.6 is 0 Å². The summed E-state index contributed by atoms with van der Waals surface area (Å²) in [6.45, 7) is 3.96. The molecular weight excluding hydrogens is 420 g/mol. The van der Waals surface area contributed by atoms with Crippen LogP contribution in [0.3, 0.4) is 0 Å². The first kappa shape index (κ1) is 22.7. The van der Waals surface area contributed by atoms with Crippen LogP contribution in [0, 0.1) is 11.8 Å². The van der Waals surface area contributed by atoms with Gasteiger partial charge >= 0.3 is 0 Å². The van der Waals surface area contributed by atoms with E-state index in [4.69, 9.17) is 4.74 Å². The molecule has 2 atom stereocenters. The van der Waals surface area contributed by atoms with Gasteiger partial charge in [0, 0.05) is 13.0 Å². The number of carbonyl (C=O) groups is 1. The molecule has 5 rings (SSSR count). The number of piperidine rings is 1. The first-order valence-corrected chi connectivity index (χ1v) is 12.6. The molecule has 3 aromatic rings. The summed E-state index contributed by atoms with van der Waals surface area (Å²) in [5.74, 6) is 1.79. The molecule has 1 fully saturated rings. The highest BCUT2D eigenvalue weighted by Gasteiger charge is 2.31. The predicted octanol–water partition coefficient (Wildman–Crippen LogP) is 6.04. The van der Waals surface area contributed by atoms with Gasteiger partial charge in [-0.25, -0.2) is 0 Å². The van der Waals surface area contributed by atoms with Gasteiger partial charge in [-0.3, -0.25) is 4.79 Å². The second kappa shape index (κ2) is 10.9. The fourth-order valence-electron chi connectivity index (χ4n) is 5.43. The van der Waals surface area contributed by atoms with E-state index in [-0.39, 0.29) is 5.91 Å². The van der Waals surface area contributed by atoms with Gasteiger partial charge in [0.15, 0.2) is 0 Å². The maximum atomic E-state index is 13.0. The zero-order chi connectivity index (χ0) is 23.2. The second-order valence-electron chi connectivity index (χ2n) is 9.66. The van der Waals surface area contributed by atoms with Crippen molar-refractivity contribution in [3.8, 4) is 16.9 Å². The molecule has 0 bridgehead atoms. The topological polar surface area (TPSA) is 41.6 Å². The van der Waals surface area contributed by atoms with Gasteiger partial charge in [-0.05, 0) is 79.4 Å². The number of anilines is 1. The van der Waals surface area contributed by atoms with E-state index in [1.807, 2.05) is 30.3 Å². The fourth-order valence-corrected chi connectivity index (χ4v) is 5.43. The maximum absolute atomic E-state index is 13.0. The Balaban J connectivity index is 1.22. The maximum Gasteiger partial charge on any atom is 0.224 e. The van der Waals surface area contributed by atoms with Gasteiger partial charge in [-0.15, -0.1) is 0 Å². The largest absolute Gasteiger partial charge is 0.491 e. The van der Waals surface area contributed by atoms with Crippen LogP contribution < -0.4 is 10.1 Å². The molecule has 1 saturated heterocycles. The Kier molecular flexibility index (Phi) is 7.25. The van der Waals surface area contributed by atoms with Crippen LogP contribution in [-0.2, 0) is 11.2 Å². The van der Waals surface area contributed by atoms with Crippen molar-refractivity contribution in [1.82, 2.24) is 4.90 Å². The fraction of sp³-hybridized carbons (Fsp3) is 0.367. The molecule has 4 nitrogen and oxygen atoms in total. The molecule has 0 radical (unpaired) electrons. The number of amides is 1. The van der Waals surface area contributed by atoms with Crippen molar-refractivity contribution in [3.05, 3.63) is 84.4 Å². The minimum atomic E-state index is 0.101. The Morgan fingerprint density at radius 2 is 1.68 bits per heavy atom. The lowest BCUT2D eigenvalue weighted by atomic mass is 9.81. The van der Waals surface area contributed by atoms with Crippen LogP contribution in [0.5, 0.6) is 5.75 Å².